The summed E-state index contributed by atoms with van der Waals surface area (Å²) in [6.45, 7) is 8.42. The van der Waals surface area contributed by atoms with Gasteiger partial charge in [0.05, 0.1) is 11.3 Å². The molecule has 0 aliphatic rings. The zero-order chi connectivity index (χ0) is 19.7. The molecule has 0 fully saturated rings. The molecule has 0 radical (unpaired) electrons. The van der Waals surface area contributed by atoms with Crippen LogP contribution in [0.4, 0.5) is 0 Å². The van der Waals surface area contributed by atoms with Crippen LogP contribution in [0.3, 0.4) is 0 Å². The second-order valence-corrected chi connectivity index (χ2v) is 5.19. The number of rotatable bonds is 8. The van der Waals surface area contributed by atoms with Gasteiger partial charge in [0.2, 0.25) is 0 Å². The zero-order valence-corrected chi connectivity index (χ0v) is 16.7. The van der Waals surface area contributed by atoms with Gasteiger partial charge in [-0.3, -0.25) is 9.59 Å². The summed E-state index contributed by atoms with van der Waals surface area (Å²) >= 11 is 1.06. The Morgan fingerprint density at radius 3 is 1.29 bits per heavy atom. The van der Waals surface area contributed by atoms with Crippen molar-refractivity contribution in [1.82, 2.24) is 0 Å². The predicted molar refractivity (Wildman–Crippen MR) is 88.7 cm³/mol. The van der Waals surface area contributed by atoms with Crippen molar-refractivity contribution in [3.8, 4) is 0 Å². The number of hydrogen-bond donors (Lipinski definition) is 3. The van der Waals surface area contributed by atoms with E-state index in [-0.39, 0.29) is 22.9 Å². The van der Waals surface area contributed by atoms with E-state index in [1.807, 2.05) is 6.92 Å². The van der Waals surface area contributed by atoms with Crippen LogP contribution in [-0.2, 0) is 30.6 Å². The van der Waals surface area contributed by atoms with Crippen LogP contribution in [0, 0.1) is 0 Å². The molecular weight excluding hydrogens is 351 g/mol. The Hall–Kier alpha value is -1.40. The monoisotopic (exact) mass is 381 g/mol. The molecule has 0 saturated carbocycles. The molecule has 0 aromatic heterocycles. The van der Waals surface area contributed by atoms with E-state index in [4.69, 9.17) is 19.0 Å². The summed E-state index contributed by atoms with van der Waals surface area (Å²) in [7, 11) is 0. The second kappa shape index (κ2) is 18.0. The molecule has 0 spiro atoms. The molecule has 24 heavy (non-hydrogen) atoms. The summed E-state index contributed by atoms with van der Waals surface area (Å²) in [5.74, 6) is -0.936. The quantitative estimate of drug-likeness (QED) is 0.419. The van der Waals surface area contributed by atoms with Crippen LogP contribution >= 0.6 is 0 Å². The number of unbranched alkanes of at least 4 members (excludes halogenated alkanes) is 2. The van der Waals surface area contributed by atoms with Gasteiger partial charge < -0.3 is 15.3 Å². The minimum atomic E-state index is -0.828. The van der Waals surface area contributed by atoms with Crippen molar-refractivity contribution in [3.05, 3.63) is 22.9 Å². The van der Waals surface area contributed by atoms with E-state index in [2.05, 4.69) is 6.92 Å². The van der Waals surface area contributed by atoms with Crippen molar-refractivity contribution < 1.29 is 46.0 Å². The molecule has 0 rings (SSSR count). The van der Waals surface area contributed by atoms with Gasteiger partial charge in [-0.05, 0) is 46.5 Å². The molecule has 0 aliphatic carbocycles. The Kier molecular flexibility index (Phi) is 20.5. The number of ketones is 2. The molecule has 0 bridgehead atoms. The molecule has 139 valence electrons. The molecule has 0 heterocycles. The molecule has 0 aromatic carbocycles. The minimum absolute atomic E-state index is 0.0153. The van der Waals surface area contributed by atoms with Gasteiger partial charge in [-0.2, -0.15) is 0 Å². The van der Waals surface area contributed by atoms with Crippen molar-refractivity contribution in [2.45, 2.75) is 73.1 Å². The molecule has 0 unspecified atom stereocenters. The molecule has 0 atom stereocenters. The fourth-order valence-corrected chi connectivity index (χ4v) is 1.76. The van der Waals surface area contributed by atoms with E-state index in [1.165, 1.54) is 13.8 Å². The van der Waals surface area contributed by atoms with Gasteiger partial charge in [-0.25, -0.2) is 0 Å². The average molecular weight is 381 g/mol. The topological polar surface area (TPSA) is 112 Å². The van der Waals surface area contributed by atoms with Gasteiger partial charge in [0.15, 0.2) is 11.6 Å². The molecule has 7 heteroatoms. The first-order valence-corrected chi connectivity index (χ1v) is 8.45. The van der Waals surface area contributed by atoms with E-state index < -0.39 is 5.95 Å². The van der Waals surface area contributed by atoms with Crippen LogP contribution in [0.15, 0.2) is 22.9 Å². The van der Waals surface area contributed by atoms with Crippen LogP contribution in [0.25, 0.3) is 0 Å². The predicted octanol–water partition coefficient (Wildman–Crippen LogP) is 4.57. The van der Waals surface area contributed by atoms with E-state index in [9.17, 15) is 9.59 Å². The van der Waals surface area contributed by atoms with Gasteiger partial charge in [0, 0.05) is 5.57 Å². The van der Waals surface area contributed by atoms with Crippen LogP contribution in [-0.4, -0.2) is 26.9 Å². The number of aliphatic hydroxyl groups is 3. The second-order valence-electron chi connectivity index (χ2n) is 5.19. The summed E-state index contributed by atoms with van der Waals surface area (Å²) in [6.07, 6.45) is 4.91. The summed E-state index contributed by atoms with van der Waals surface area (Å²) < 4.78 is 8.19. The van der Waals surface area contributed by atoms with Crippen molar-refractivity contribution in [2.75, 3.05) is 0 Å². The molecule has 0 saturated heterocycles. The van der Waals surface area contributed by atoms with Crippen LogP contribution in [0.2, 0.25) is 0 Å². The van der Waals surface area contributed by atoms with E-state index in [1.54, 1.807) is 6.92 Å². The van der Waals surface area contributed by atoms with Gasteiger partial charge in [0.1, 0.15) is 0 Å². The van der Waals surface area contributed by atoms with Crippen molar-refractivity contribution in [3.63, 3.8) is 0 Å². The Bertz CT molecular complexity index is 392. The molecule has 0 aromatic rings. The first kappa shape index (κ1) is 27.5. The first-order valence-electron chi connectivity index (χ1n) is 7.88. The number of allylic oxidation sites excluding steroid dienone is 3. The van der Waals surface area contributed by atoms with Gasteiger partial charge in [0.25, 0.3) is 5.95 Å². The van der Waals surface area contributed by atoms with Gasteiger partial charge in [-0.15, -0.1) is 0 Å². The Labute approximate surface area is 153 Å². The standard InChI is InChI=1S/C9H16O2.C8H14O3.O.V/c1-4-5-6-9(7(2)10)8(3)11;1-3-4-5-7(6(2)9)8(10)11;;/h10H,4-6H2,1-3H3;10-11H,3-5H2,1-2H3;;/b9-7-;;;. The SMILES string of the molecule is CCCC/C(C(C)=O)=C(\C)O.CCCCC(C(C)=O)=C(O)O.[O]=[V]. The number of aliphatic hydroxyl groups excluding tert-OH is 2. The van der Waals surface area contributed by atoms with Gasteiger partial charge >= 0.3 is 21.0 Å². The number of carbonyl (C=O) groups is 2. The van der Waals surface area contributed by atoms with Crippen LogP contribution in [0.5, 0.6) is 0 Å². The van der Waals surface area contributed by atoms with E-state index in [0.29, 0.717) is 18.4 Å². The maximum absolute atomic E-state index is 10.9. The summed E-state index contributed by atoms with van der Waals surface area (Å²) in [6, 6.07) is 0. The fourth-order valence-electron chi connectivity index (χ4n) is 1.76. The summed E-state index contributed by atoms with van der Waals surface area (Å²) in [5, 5.41) is 26.3. The third-order valence-electron chi connectivity index (χ3n) is 3.12. The summed E-state index contributed by atoms with van der Waals surface area (Å²) in [5.41, 5.74) is 0.707. The third-order valence-corrected chi connectivity index (χ3v) is 3.12. The molecule has 3 N–H and O–H groups in total. The first-order chi connectivity index (χ1) is 11.2. The van der Waals surface area contributed by atoms with Crippen LogP contribution in [0.1, 0.15) is 73.1 Å². The van der Waals surface area contributed by atoms with Crippen molar-refractivity contribution in [2.24, 2.45) is 0 Å². The molecule has 6 nitrogen and oxygen atoms in total. The molecular formula is C17H30O6V. The molecule has 0 aliphatic heterocycles. The van der Waals surface area contributed by atoms with Crippen molar-refractivity contribution >= 4 is 11.6 Å². The Morgan fingerprint density at radius 1 is 0.750 bits per heavy atom. The Morgan fingerprint density at radius 2 is 1.08 bits per heavy atom. The number of carbonyl (C=O) groups excluding carboxylic acids is 2. The van der Waals surface area contributed by atoms with E-state index in [0.717, 1.165) is 43.1 Å². The normalized spacial score (nSPS) is 10.2. The van der Waals surface area contributed by atoms with Crippen LogP contribution < -0.4 is 0 Å². The number of Topliss-reactive ketones (excluding diaryl/α,β-unsaturated/α-hetero) is 2. The number of hydrogen-bond acceptors (Lipinski definition) is 6. The fraction of sp³-hybridized carbons (Fsp3) is 0.647. The zero-order valence-electron chi connectivity index (χ0n) is 15.3. The Balaban J connectivity index is -0.000000333. The van der Waals surface area contributed by atoms with E-state index >= 15 is 0 Å². The average Bonchev–Trinajstić information content (AvgIpc) is 2.49. The van der Waals surface area contributed by atoms with Crippen molar-refractivity contribution in [1.29, 1.82) is 0 Å². The van der Waals surface area contributed by atoms with Gasteiger partial charge in [-0.1, -0.05) is 26.7 Å². The molecule has 0 amide bonds. The maximum atomic E-state index is 10.9. The summed E-state index contributed by atoms with van der Waals surface area (Å²) in [4.78, 5) is 21.6. The third kappa shape index (κ3) is 15.5.